The highest BCUT2D eigenvalue weighted by Crippen LogP contribution is 2.23. The quantitative estimate of drug-likeness (QED) is 0.259. The van der Waals surface area contributed by atoms with Gasteiger partial charge in [-0.05, 0) is 42.8 Å². The van der Waals surface area contributed by atoms with Gasteiger partial charge in [0.1, 0.15) is 5.75 Å². The smallest absolute Gasteiger partial charge is 0.251 e. The first-order valence-electron chi connectivity index (χ1n) is 9.38. The van der Waals surface area contributed by atoms with Crippen molar-refractivity contribution in [1.82, 2.24) is 10.7 Å². The largest absolute Gasteiger partial charge is 0.493 e. The molecule has 160 valence electrons. The summed E-state index contributed by atoms with van der Waals surface area (Å²) < 4.78 is 6.63. The number of ether oxygens (including phenoxy) is 1. The van der Waals surface area contributed by atoms with Crippen LogP contribution in [0.4, 0.5) is 0 Å². The maximum Gasteiger partial charge on any atom is 0.251 e. The first kappa shape index (κ1) is 24.2. The molecule has 0 aliphatic rings. The van der Waals surface area contributed by atoms with Crippen LogP contribution >= 0.6 is 39.1 Å². The summed E-state index contributed by atoms with van der Waals surface area (Å²) in [5.41, 5.74) is 3.56. The molecule has 30 heavy (non-hydrogen) atoms. The number of carbonyl (C=O) groups is 2. The van der Waals surface area contributed by atoms with Gasteiger partial charge in [0.2, 0.25) is 5.91 Å². The molecule has 2 aromatic carbocycles. The summed E-state index contributed by atoms with van der Waals surface area (Å²) in [6, 6.07) is 10.2. The molecular formula is C21H22BrCl2N3O3. The lowest BCUT2D eigenvalue weighted by atomic mass is 10.2. The zero-order valence-electron chi connectivity index (χ0n) is 16.4. The van der Waals surface area contributed by atoms with Crippen LogP contribution in [0.1, 0.15) is 42.1 Å². The topological polar surface area (TPSA) is 79.8 Å². The summed E-state index contributed by atoms with van der Waals surface area (Å²) >= 11 is 15.2. The zero-order valence-corrected chi connectivity index (χ0v) is 19.5. The molecule has 2 aromatic rings. The van der Waals surface area contributed by atoms with Crippen LogP contribution < -0.4 is 15.5 Å². The van der Waals surface area contributed by atoms with Gasteiger partial charge < -0.3 is 10.1 Å². The predicted octanol–water partition coefficient (Wildman–Crippen LogP) is 5.21. The van der Waals surface area contributed by atoms with Gasteiger partial charge in [-0.3, -0.25) is 9.59 Å². The summed E-state index contributed by atoms with van der Waals surface area (Å²) in [5, 5.41) is 7.29. The number of nitrogens with one attached hydrogen (secondary N) is 2. The molecule has 0 heterocycles. The van der Waals surface area contributed by atoms with E-state index < -0.39 is 0 Å². The summed E-state index contributed by atoms with van der Waals surface area (Å²) in [4.78, 5) is 24.0. The predicted molar refractivity (Wildman–Crippen MR) is 124 cm³/mol. The fourth-order valence-corrected chi connectivity index (χ4v) is 3.01. The number of rotatable bonds is 10. The van der Waals surface area contributed by atoms with E-state index in [-0.39, 0.29) is 24.8 Å². The van der Waals surface area contributed by atoms with Gasteiger partial charge in [-0.2, -0.15) is 5.10 Å². The van der Waals surface area contributed by atoms with E-state index in [0.29, 0.717) is 28.0 Å². The Hall–Kier alpha value is -2.09. The van der Waals surface area contributed by atoms with E-state index in [1.54, 1.807) is 12.1 Å². The summed E-state index contributed by atoms with van der Waals surface area (Å²) in [7, 11) is 0. The van der Waals surface area contributed by atoms with Crippen molar-refractivity contribution < 1.29 is 14.3 Å². The third-order valence-electron chi connectivity index (χ3n) is 3.94. The summed E-state index contributed by atoms with van der Waals surface area (Å²) in [6.07, 6.45) is 3.59. The van der Waals surface area contributed by atoms with Crippen molar-refractivity contribution in [2.24, 2.45) is 5.10 Å². The van der Waals surface area contributed by atoms with E-state index in [9.17, 15) is 9.59 Å². The maximum atomic E-state index is 12.1. The number of halogens is 3. The number of unbranched alkanes of at least 4 members (excludes halogenated alkanes) is 1. The monoisotopic (exact) mass is 513 g/mol. The molecule has 0 saturated heterocycles. The number of hydrogen-bond donors (Lipinski definition) is 2. The molecule has 0 aromatic heterocycles. The molecule has 0 spiro atoms. The molecule has 2 N–H and O–H groups in total. The Morgan fingerprint density at radius 3 is 2.70 bits per heavy atom. The molecule has 9 heteroatoms. The Balaban J connectivity index is 1.81. The van der Waals surface area contributed by atoms with E-state index in [1.165, 1.54) is 12.3 Å². The minimum absolute atomic E-state index is 0.0722. The minimum atomic E-state index is -0.340. The first-order chi connectivity index (χ1) is 14.4. The van der Waals surface area contributed by atoms with Crippen molar-refractivity contribution in [3.63, 3.8) is 0 Å². The number of amides is 2. The van der Waals surface area contributed by atoms with E-state index in [1.807, 2.05) is 18.2 Å². The third kappa shape index (κ3) is 7.97. The van der Waals surface area contributed by atoms with Gasteiger partial charge in [0, 0.05) is 28.6 Å². The highest BCUT2D eigenvalue weighted by atomic mass is 79.9. The fourth-order valence-electron chi connectivity index (χ4n) is 2.34. The lowest BCUT2D eigenvalue weighted by Gasteiger charge is -2.09. The van der Waals surface area contributed by atoms with Crippen LogP contribution in [-0.2, 0) is 4.79 Å². The molecule has 0 radical (unpaired) electrons. The van der Waals surface area contributed by atoms with E-state index >= 15 is 0 Å². The number of nitrogens with zero attached hydrogens (tertiary/aromatic N) is 1. The Labute approximate surface area is 194 Å². The van der Waals surface area contributed by atoms with Crippen LogP contribution in [0.3, 0.4) is 0 Å². The molecular weight excluding hydrogens is 493 g/mol. The molecule has 0 bridgehead atoms. The van der Waals surface area contributed by atoms with Gasteiger partial charge in [0.15, 0.2) is 0 Å². The molecule has 0 aliphatic heterocycles. The van der Waals surface area contributed by atoms with Crippen LogP contribution in [0, 0.1) is 0 Å². The average molecular weight is 515 g/mol. The van der Waals surface area contributed by atoms with Crippen LogP contribution in [0.25, 0.3) is 0 Å². The van der Waals surface area contributed by atoms with E-state index in [2.05, 4.69) is 38.7 Å². The first-order valence-corrected chi connectivity index (χ1v) is 10.9. The second kappa shape index (κ2) is 12.6. The number of carbonyl (C=O) groups excluding carboxylic acids is 2. The second-order valence-electron chi connectivity index (χ2n) is 6.31. The molecule has 6 nitrogen and oxygen atoms in total. The molecule has 0 atom stereocenters. The molecule has 2 rings (SSSR count). The van der Waals surface area contributed by atoms with Crippen molar-refractivity contribution in [1.29, 1.82) is 0 Å². The van der Waals surface area contributed by atoms with Crippen LogP contribution in [0.5, 0.6) is 5.75 Å². The van der Waals surface area contributed by atoms with Crippen molar-refractivity contribution in [3.05, 3.63) is 62.0 Å². The Bertz CT molecular complexity index is 922. The van der Waals surface area contributed by atoms with E-state index in [0.717, 1.165) is 22.9 Å². The van der Waals surface area contributed by atoms with Crippen LogP contribution in [0.2, 0.25) is 10.0 Å². The number of hydrazone groups is 1. The van der Waals surface area contributed by atoms with Crippen LogP contribution in [-0.4, -0.2) is 31.2 Å². The zero-order chi connectivity index (χ0) is 21.9. The van der Waals surface area contributed by atoms with Gasteiger partial charge >= 0.3 is 0 Å². The van der Waals surface area contributed by atoms with Crippen molar-refractivity contribution in [3.8, 4) is 5.75 Å². The standard InChI is InChI=1S/C21H22BrCl2N3O3/c1-2-3-10-30-19-7-5-16(22)11-15(19)13-26-27-20(28)8-9-25-21(29)14-4-6-17(23)18(24)12-14/h4-7,11-13H,2-3,8-10H2,1H3,(H,25,29)(H,27,28). The molecule has 0 saturated carbocycles. The SMILES string of the molecule is CCCCOc1ccc(Br)cc1C=NNC(=O)CCNC(=O)c1ccc(Cl)c(Cl)c1. The number of benzene rings is 2. The van der Waals surface area contributed by atoms with Gasteiger partial charge in [-0.1, -0.05) is 52.5 Å². The van der Waals surface area contributed by atoms with Crippen molar-refractivity contribution >= 4 is 57.2 Å². The van der Waals surface area contributed by atoms with Gasteiger partial charge in [0.05, 0.1) is 22.9 Å². The van der Waals surface area contributed by atoms with Gasteiger partial charge in [-0.25, -0.2) is 5.43 Å². The van der Waals surface area contributed by atoms with Gasteiger partial charge in [0.25, 0.3) is 5.91 Å². The minimum Gasteiger partial charge on any atom is -0.493 e. The maximum absolute atomic E-state index is 12.1. The normalized spacial score (nSPS) is 10.8. The Morgan fingerprint density at radius 2 is 1.97 bits per heavy atom. The third-order valence-corrected chi connectivity index (χ3v) is 5.17. The Morgan fingerprint density at radius 1 is 1.17 bits per heavy atom. The summed E-state index contributed by atoms with van der Waals surface area (Å²) in [6.45, 7) is 2.86. The molecule has 0 unspecified atom stereocenters. The van der Waals surface area contributed by atoms with Crippen molar-refractivity contribution in [2.75, 3.05) is 13.2 Å². The van der Waals surface area contributed by atoms with Crippen molar-refractivity contribution in [2.45, 2.75) is 26.2 Å². The molecule has 2 amide bonds. The molecule has 0 fully saturated rings. The van der Waals surface area contributed by atoms with Gasteiger partial charge in [-0.15, -0.1) is 0 Å². The highest BCUT2D eigenvalue weighted by molar-refractivity contribution is 9.10. The van der Waals surface area contributed by atoms with E-state index in [4.69, 9.17) is 27.9 Å². The number of hydrogen-bond acceptors (Lipinski definition) is 4. The summed E-state index contributed by atoms with van der Waals surface area (Å²) in [5.74, 6) is 0.0237. The lowest BCUT2D eigenvalue weighted by molar-refractivity contribution is -0.120. The highest BCUT2D eigenvalue weighted by Gasteiger charge is 2.09. The average Bonchev–Trinajstić information content (AvgIpc) is 2.71. The fraction of sp³-hybridized carbons (Fsp3) is 0.286. The molecule has 0 aliphatic carbocycles. The lowest BCUT2D eigenvalue weighted by Crippen LogP contribution is -2.29. The van der Waals surface area contributed by atoms with Crippen LogP contribution in [0.15, 0.2) is 46.0 Å². The second-order valence-corrected chi connectivity index (χ2v) is 8.04. The Kier molecular flexibility index (Phi) is 10.1.